The molecule has 0 amide bonds. The van der Waals surface area contributed by atoms with E-state index >= 15 is 0 Å². The van der Waals surface area contributed by atoms with Gasteiger partial charge in [0.15, 0.2) is 0 Å². The van der Waals surface area contributed by atoms with E-state index in [0.717, 1.165) is 50.8 Å². The van der Waals surface area contributed by atoms with Crippen LogP contribution >= 0.6 is 0 Å². The van der Waals surface area contributed by atoms with Gasteiger partial charge in [-0.05, 0) is 231 Å². The summed E-state index contributed by atoms with van der Waals surface area (Å²) in [6, 6.07) is 138. The lowest BCUT2D eigenvalue weighted by molar-refractivity contribution is 0.590. The standard InChI is InChI=1S/C104H87N3/c1-100(2,3)74-40-56-83(57-41-74)105(81-52-36-72(37-53-81)70-24-12-10-13-25-70)85-62-46-77(47-63-85)103(94-32-20-16-28-88(94)89-29-17-21-33-95(89)103)79-50-66-98-92(68-79)93-69-80(51-67-99(93)107(98)87-60-44-76(45-61-87)102(7,8)9)104(96-34-22-18-30-90(96)91-31-19-23-35-97(91)104)78-48-64-86(65-49-78)106(84-58-42-75(43-59-84)101(4,5)6)82-54-38-73(39-55-82)71-26-14-11-15-27-71/h10-69H,1-9H3. The van der Waals surface area contributed by atoms with Crippen LogP contribution in [0, 0.1) is 0 Å². The summed E-state index contributed by atoms with van der Waals surface area (Å²) in [6.07, 6.45) is 0. The summed E-state index contributed by atoms with van der Waals surface area (Å²) in [4.78, 5) is 4.83. The molecular formula is C104H87N3. The Morgan fingerprint density at radius 3 is 0.766 bits per heavy atom. The van der Waals surface area contributed by atoms with Crippen LogP contribution in [0.2, 0.25) is 0 Å². The molecule has 0 radical (unpaired) electrons. The maximum absolute atomic E-state index is 2.57. The van der Waals surface area contributed by atoms with Gasteiger partial charge in [0.2, 0.25) is 0 Å². The van der Waals surface area contributed by atoms with Crippen LogP contribution in [0.5, 0.6) is 0 Å². The van der Waals surface area contributed by atoms with Crippen molar-refractivity contribution < 1.29 is 0 Å². The molecule has 0 aliphatic heterocycles. The Bertz CT molecular complexity index is 5550. The molecule has 0 atom stereocenters. The molecule has 0 saturated carbocycles. The largest absolute Gasteiger partial charge is 0.311 e. The fourth-order valence-electron chi connectivity index (χ4n) is 17.6. The van der Waals surface area contributed by atoms with Crippen LogP contribution in [-0.4, -0.2) is 4.57 Å². The van der Waals surface area contributed by atoms with E-state index in [-0.39, 0.29) is 16.2 Å². The van der Waals surface area contributed by atoms with Gasteiger partial charge in [-0.15, -0.1) is 0 Å². The maximum atomic E-state index is 2.57. The fourth-order valence-corrected chi connectivity index (χ4v) is 17.6. The van der Waals surface area contributed by atoms with Gasteiger partial charge in [-0.1, -0.05) is 317 Å². The number of benzene rings is 15. The van der Waals surface area contributed by atoms with Gasteiger partial charge in [-0.2, -0.15) is 0 Å². The molecule has 3 heteroatoms. The Morgan fingerprint density at radius 1 is 0.224 bits per heavy atom. The lowest BCUT2D eigenvalue weighted by atomic mass is 9.67. The molecule has 15 aromatic carbocycles. The average Bonchev–Trinajstić information content (AvgIpc) is 1.54. The molecule has 518 valence electrons. The van der Waals surface area contributed by atoms with Crippen LogP contribution in [0.3, 0.4) is 0 Å². The van der Waals surface area contributed by atoms with E-state index in [1.807, 2.05) is 0 Å². The molecule has 3 nitrogen and oxygen atoms in total. The van der Waals surface area contributed by atoms with Crippen molar-refractivity contribution >= 4 is 55.9 Å². The molecule has 1 heterocycles. The van der Waals surface area contributed by atoms with Crippen molar-refractivity contribution in [2.24, 2.45) is 0 Å². The van der Waals surface area contributed by atoms with E-state index < -0.39 is 10.8 Å². The van der Waals surface area contributed by atoms with Gasteiger partial charge in [0.05, 0.1) is 21.9 Å². The summed E-state index contributed by atoms with van der Waals surface area (Å²) < 4.78 is 2.52. The number of hydrogen-bond donors (Lipinski definition) is 0. The van der Waals surface area contributed by atoms with Crippen molar-refractivity contribution in [3.63, 3.8) is 0 Å². The normalized spacial score (nSPS) is 13.4. The van der Waals surface area contributed by atoms with Crippen LogP contribution in [-0.2, 0) is 27.1 Å². The summed E-state index contributed by atoms with van der Waals surface area (Å²) in [5.41, 5.74) is 32.2. The summed E-state index contributed by atoms with van der Waals surface area (Å²) in [5.74, 6) is 0. The minimum Gasteiger partial charge on any atom is -0.311 e. The molecule has 2 aliphatic rings. The van der Waals surface area contributed by atoms with Crippen LogP contribution in [0.4, 0.5) is 34.1 Å². The highest BCUT2D eigenvalue weighted by Crippen LogP contribution is 2.60. The number of hydrogen-bond acceptors (Lipinski definition) is 2. The first kappa shape index (κ1) is 66.6. The van der Waals surface area contributed by atoms with Gasteiger partial charge >= 0.3 is 0 Å². The first-order chi connectivity index (χ1) is 51.9. The van der Waals surface area contributed by atoms with Gasteiger partial charge in [0, 0.05) is 50.6 Å². The highest BCUT2D eigenvalue weighted by molar-refractivity contribution is 6.11. The summed E-state index contributed by atoms with van der Waals surface area (Å²) in [6.45, 7) is 20.6. The maximum Gasteiger partial charge on any atom is 0.0713 e. The second kappa shape index (κ2) is 25.8. The Hall–Kier alpha value is -12.3. The number of anilines is 6. The van der Waals surface area contributed by atoms with Crippen molar-refractivity contribution in [2.45, 2.75) is 89.4 Å². The third-order valence-corrected chi connectivity index (χ3v) is 23.1. The molecule has 0 spiro atoms. The van der Waals surface area contributed by atoms with E-state index in [1.165, 1.54) is 116 Å². The monoisotopic (exact) mass is 1380 g/mol. The van der Waals surface area contributed by atoms with Gasteiger partial charge in [-0.25, -0.2) is 0 Å². The molecule has 18 rings (SSSR count). The first-order valence-electron chi connectivity index (χ1n) is 37.9. The zero-order chi connectivity index (χ0) is 73.0. The predicted molar refractivity (Wildman–Crippen MR) is 452 cm³/mol. The van der Waals surface area contributed by atoms with Crippen LogP contribution in [0.25, 0.3) is 72.0 Å². The minimum absolute atomic E-state index is 0.00896. The molecule has 0 unspecified atom stereocenters. The Kier molecular flexibility index (Phi) is 16.1. The number of fused-ring (bicyclic) bond motifs is 9. The molecule has 0 bridgehead atoms. The summed E-state index contributed by atoms with van der Waals surface area (Å²) >= 11 is 0. The molecule has 0 fully saturated rings. The highest BCUT2D eigenvalue weighted by Gasteiger charge is 2.48. The van der Waals surface area contributed by atoms with Gasteiger partial charge in [-0.3, -0.25) is 0 Å². The van der Waals surface area contributed by atoms with Gasteiger partial charge in [0.25, 0.3) is 0 Å². The molecule has 16 aromatic rings. The quantitative estimate of drug-likeness (QED) is 0.114. The SMILES string of the molecule is CC(C)(C)c1ccc(N(c2ccc(-c3ccccc3)cc2)c2ccc(C3(c4ccc5c(c4)c4cc(C6(c7ccc(N(c8ccc(-c9ccccc9)cc8)c8ccc(C(C)(C)C)cc8)cc7)c7ccccc7-c7ccccc76)ccc4n5-c4ccc(C(C)(C)C)cc4)c4ccccc4-c4ccccc43)cc2)cc1. The van der Waals surface area contributed by atoms with Crippen molar-refractivity contribution in [1.82, 2.24) is 4.57 Å². The molecule has 0 N–H and O–H groups in total. The second-order valence-corrected chi connectivity index (χ2v) is 32.5. The lowest BCUT2D eigenvalue weighted by Crippen LogP contribution is -2.28. The number of rotatable bonds is 13. The highest BCUT2D eigenvalue weighted by atomic mass is 15.1. The van der Waals surface area contributed by atoms with E-state index in [4.69, 9.17) is 0 Å². The molecule has 0 saturated heterocycles. The smallest absolute Gasteiger partial charge is 0.0713 e. The summed E-state index contributed by atoms with van der Waals surface area (Å²) in [7, 11) is 0. The topological polar surface area (TPSA) is 11.4 Å². The van der Waals surface area contributed by atoms with E-state index in [0.29, 0.717) is 0 Å². The average molecular weight is 1380 g/mol. The molecule has 1 aromatic heterocycles. The third-order valence-electron chi connectivity index (χ3n) is 23.1. The van der Waals surface area contributed by atoms with E-state index in [1.54, 1.807) is 0 Å². The second-order valence-electron chi connectivity index (χ2n) is 32.5. The Labute approximate surface area is 631 Å². The van der Waals surface area contributed by atoms with Crippen LogP contribution in [0.15, 0.2) is 364 Å². The molecular weight excluding hydrogens is 1290 g/mol. The predicted octanol–water partition coefficient (Wildman–Crippen LogP) is 27.7. The lowest BCUT2D eigenvalue weighted by Gasteiger charge is -2.35. The molecule has 107 heavy (non-hydrogen) atoms. The van der Waals surface area contributed by atoms with Crippen LogP contribution < -0.4 is 9.80 Å². The Morgan fingerprint density at radius 2 is 0.467 bits per heavy atom. The zero-order valence-corrected chi connectivity index (χ0v) is 62.5. The third kappa shape index (κ3) is 11.2. The Balaban J connectivity index is 0.839. The fraction of sp³-hybridized carbons (Fsp3) is 0.135. The van der Waals surface area contributed by atoms with Crippen LogP contribution in [0.1, 0.15) is 124 Å². The molecule has 2 aliphatic carbocycles. The minimum atomic E-state index is -0.713. The zero-order valence-electron chi connectivity index (χ0n) is 62.5. The van der Waals surface area contributed by atoms with Gasteiger partial charge < -0.3 is 14.4 Å². The van der Waals surface area contributed by atoms with Crippen molar-refractivity contribution in [3.05, 3.63) is 425 Å². The first-order valence-corrected chi connectivity index (χ1v) is 37.9. The van der Waals surface area contributed by atoms with Gasteiger partial charge in [0.1, 0.15) is 0 Å². The van der Waals surface area contributed by atoms with Crippen molar-refractivity contribution in [1.29, 1.82) is 0 Å². The van der Waals surface area contributed by atoms with E-state index in [2.05, 4.69) is 441 Å². The van der Waals surface area contributed by atoms with Crippen molar-refractivity contribution in [3.8, 4) is 50.2 Å². The summed E-state index contributed by atoms with van der Waals surface area (Å²) in [5, 5.41) is 2.38. The number of aromatic nitrogens is 1. The van der Waals surface area contributed by atoms with E-state index in [9.17, 15) is 0 Å². The van der Waals surface area contributed by atoms with Crippen molar-refractivity contribution in [2.75, 3.05) is 9.80 Å². The number of nitrogens with zero attached hydrogens (tertiary/aromatic N) is 3.